The van der Waals surface area contributed by atoms with E-state index < -0.39 is 22.2 Å². The van der Waals surface area contributed by atoms with Gasteiger partial charge in [-0.3, -0.25) is 4.90 Å². The maximum absolute atomic E-state index is 12.4. The lowest BCUT2D eigenvalue weighted by atomic mass is 10.2. The molecule has 1 aliphatic rings. The highest BCUT2D eigenvalue weighted by Crippen LogP contribution is 2.23. The molecule has 0 aliphatic carbocycles. The lowest BCUT2D eigenvalue weighted by Gasteiger charge is -2.13. The highest BCUT2D eigenvalue weighted by Gasteiger charge is 2.33. The third kappa shape index (κ3) is 4.17. The Balaban J connectivity index is 1.62. The maximum atomic E-state index is 12.4. The number of halogens is 1. The van der Waals surface area contributed by atoms with E-state index in [0.717, 1.165) is 12.0 Å². The average Bonchev–Trinajstić information content (AvgIpc) is 3.02. The summed E-state index contributed by atoms with van der Waals surface area (Å²) in [5, 5.41) is 0.569. The first-order valence-electron chi connectivity index (χ1n) is 8.21. The van der Waals surface area contributed by atoms with Gasteiger partial charge in [-0.25, -0.2) is 17.9 Å². The third-order valence-corrected chi connectivity index (χ3v) is 5.85. The van der Waals surface area contributed by atoms with E-state index in [-0.39, 0.29) is 18.0 Å². The number of carbonyl (C=O) groups excluding carboxylic acids is 1. The Bertz CT molecular complexity index is 882. The summed E-state index contributed by atoms with van der Waals surface area (Å²) >= 11 is 5.85. The first kappa shape index (κ1) is 18.7. The van der Waals surface area contributed by atoms with Crippen molar-refractivity contribution in [3.8, 4) is 0 Å². The molecule has 8 heteroatoms. The number of benzene rings is 2. The summed E-state index contributed by atoms with van der Waals surface area (Å²) < 4.78 is 32.5. The predicted molar refractivity (Wildman–Crippen MR) is 100 cm³/mol. The fraction of sp³-hybridized carbons (Fsp3) is 0.278. The van der Waals surface area contributed by atoms with Gasteiger partial charge in [-0.2, -0.15) is 0 Å². The minimum absolute atomic E-state index is 0.00763. The van der Waals surface area contributed by atoms with E-state index in [2.05, 4.69) is 4.72 Å². The second kappa shape index (κ2) is 7.65. The van der Waals surface area contributed by atoms with Crippen LogP contribution >= 0.6 is 11.6 Å². The molecule has 2 aromatic carbocycles. The normalized spacial score (nSPS) is 17.4. The van der Waals surface area contributed by atoms with Crippen molar-refractivity contribution in [2.24, 2.45) is 0 Å². The van der Waals surface area contributed by atoms with Gasteiger partial charge in [0.1, 0.15) is 6.10 Å². The summed E-state index contributed by atoms with van der Waals surface area (Å²) in [5.41, 5.74) is 1.71. The largest absolute Gasteiger partial charge is 0.443 e. The summed E-state index contributed by atoms with van der Waals surface area (Å²) in [6.45, 7) is 2.27. The number of cyclic esters (lactones) is 1. The molecule has 0 saturated carbocycles. The summed E-state index contributed by atoms with van der Waals surface area (Å²) in [6, 6.07) is 13.5. The Kier molecular flexibility index (Phi) is 5.50. The van der Waals surface area contributed by atoms with Crippen molar-refractivity contribution >= 4 is 33.4 Å². The zero-order valence-electron chi connectivity index (χ0n) is 14.2. The van der Waals surface area contributed by atoms with Gasteiger partial charge in [0.25, 0.3) is 0 Å². The lowest BCUT2D eigenvalue weighted by molar-refractivity contribution is 0.143. The van der Waals surface area contributed by atoms with E-state index in [1.54, 1.807) is 48.5 Å². The molecule has 26 heavy (non-hydrogen) atoms. The molecule has 1 unspecified atom stereocenters. The van der Waals surface area contributed by atoms with Gasteiger partial charge >= 0.3 is 6.09 Å². The number of anilines is 1. The summed E-state index contributed by atoms with van der Waals surface area (Å²) in [7, 11) is -3.66. The van der Waals surface area contributed by atoms with Gasteiger partial charge in [0.2, 0.25) is 10.0 Å². The fourth-order valence-electron chi connectivity index (χ4n) is 2.65. The van der Waals surface area contributed by atoms with Crippen LogP contribution < -0.4 is 9.62 Å². The minimum Gasteiger partial charge on any atom is -0.443 e. The Labute approximate surface area is 157 Å². The number of hydrogen-bond donors (Lipinski definition) is 1. The lowest BCUT2D eigenvalue weighted by Crippen LogP contribution is -2.34. The van der Waals surface area contributed by atoms with Crippen LogP contribution in [-0.4, -0.2) is 33.7 Å². The number of nitrogens with zero attached hydrogens (tertiary/aromatic N) is 1. The standard InChI is InChI=1S/C18H19ClN2O4S/c1-2-13-3-9-17(10-4-13)26(23,24)20-11-16-12-21(18(22)25-16)15-7-5-14(19)6-8-15/h3-10,16,20H,2,11-12H2,1H3. The highest BCUT2D eigenvalue weighted by atomic mass is 35.5. The van der Waals surface area contributed by atoms with Gasteiger partial charge in [-0.05, 0) is 48.4 Å². The van der Waals surface area contributed by atoms with Crippen LogP contribution in [0.15, 0.2) is 53.4 Å². The molecule has 1 N–H and O–H groups in total. The Hall–Kier alpha value is -2.09. The maximum Gasteiger partial charge on any atom is 0.414 e. The Morgan fingerprint density at radius 3 is 2.42 bits per heavy atom. The molecule has 1 fully saturated rings. The molecule has 0 radical (unpaired) electrons. The second-order valence-corrected chi connectivity index (χ2v) is 8.15. The number of rotatable bonds is 6. The van der Waals surface area contributed by atoms with E-state index in [0.29, 0.717) is 10.7 Å². The number of carbonyl (C=O) groups is 1. The van der Waals surface area contributed by atoms with Crippen LogP contribution in [0.2, 0.25) is 5.02 Å². The van der Waals surface area contributed by atoms with Gasteiger partial charge in [-0.1, -0.05) is 30.7 Å². The molecule has 1 aliphatic heterocycles. The Morgan fingerprint density at radius 2 is 1.81 bits per heavy atom. The molecule has 0 spiro atoms. The summed E-state index contributed by atoms with van der Waals surface area (Å²) in [5.74, 6) is 0. The molecule has 138 valence electrons. The molecule has 0 bridgehead atoms. The van der Waals surface area contributed by atoms with Crippen LogP contribution in [0.4, 0.5) is 10.5 Å². The zero-order valence-corrected chi connectivity index (χ0v) is 15.8. The van der Waals surface area contributed by atoms with Crippen LogP contribution in [0.5, 0.6) is 0 Å². The Morgan fingerprint density at radius 1 is 1.15 bits per heavy atom. The van der Waals surface area contributed by atoms with Gasteiger partial charge < -0.3 is 4.74 Å². The number of aryl methyl sites for hydroxylation is 1. The van der Waals surface area contributed by atoms with Crippen molar-refractivity contribution < 1.29 is 17.9 Å². The van der Waals surface area contributed by atoms with Crippen LogP contribution in [-0.2, 0) is 21.2 Å². The average molecular weight is 395 g/mol. The smallest absolute Gasteiger partial charge is 0.414 e. The molecule has 2 aromatic rings. The molecule has 1 amide bonds. The first-order chi connectivity index (χ1) is 12.4. The number of amides is 1. The molecule has 3 rings (SSSR count). The number of nitrogens with one attached hydrogen (secondary N) is 1. The van der Waals surface area contributed by atoms with Crippen LogP contribution in [0, 0.1) is 0 Å². The number of hydrogen-bond acceptors (Lipinski definition) is 4. The fourth-order valence-corrected chi connectivity index (χ4v) is 3.84. The van der Waals surface area contributed by atoms with E-state index in [1.807, 2.05) is 6.92 Å². The third-order valence-electron chi connectivity index (χ3n) is 4.16. The quantitative estimate of drug-likeness (QED) is 0.816. The van der Waals surface area contributed by atoms with E-state index >= 15 is 0 Å². The molecule has 1 atom stereocenters. The van der Waals surface area contributed by atoms with Gasteiger partial charge in [0, 0.05) is 17.3 Å². The molecule has 1 saturated heterocycles. The van der Waals surface area contributed by atoms with Crippen LogP contribution in [0.1, 0.15) is 12.5 Å². The monoisotopic (exact) mass is 394 g/mol. The van der Waals surface area contributed by atoms with E-state index in [9.17, 15) is 13.2 Å². The first-order valence-corrected chi connectivity index (χ1v) is 10.1. The predicted octanol–water partition coefficient (Wildman–Crippen LogP) is 3.21. The van der Waals surface area contributed by atoms with Gasteiger partial charge in [0.15, 0.2) is 0 Å². The van der Waals surface area contributed by atoms with Crippen molar-refractivity contribution in [2.45, 2.75) is 24.3 Å². The molecule has 6 nitrogen and oxygen atoms in total. The van der Waals surface area contributed by atoms with Crippen molar-refractivity contribution in [3.05, 3.63) is 59.1 Å². The molecule has 0 aromatic heterocycles. The molecular weight excluding hydrogens is 376 g/mol. The molecular formula is C18H19ClN2O4S. The highest BCUT2D eigenvalue weighted by molar-refractivity contribution is 7.89. The SMILES string of the molecule is CCc1ccc(S(=O)(=O)NCC2CN(c3ccc(Cl)cc3)C(=O)O2)cc1. The van der Waals surface area contributed by atoms with Crippen LogP contribution in [0.3, 0.4) is 0 Å². The second-order valence-electron chi connectivity index (χ2n) is 5.94. The van der Waals surface area contributed by atoms with E-state index in [4.69, 9.17) is 16.3 Å². The van der Waals surface area contributed by atoms with Crippen molar-refractivity contribution in [2.75, 3.05) is 18.0 Å². The zero-order chi connectivity index (χ0) is 18.7. The summed E-state index contributed by atoms with van der Waals surface area (Å²) in [4.78, 5) is 13.7. The van der Waals surface area contributed by atoms with Crippen molar-refractivity contribution in [1.29, 1.82) is 0 Å². The van der Waals surface area contributed by atoms with Gasteiger partial charge in [0.05, 0.1) is 11.4 Å². The van der Waals surface area contributed by atoms with Gasteiger partial charge in [-0.15, -0.1) is 0 Å². The van der Waals surface area contributed by atoms with Crippen molar-refractivity contribution in [1.82, 2.24) is 4.72 Å². The topological polar surface area (TPSA) is 75.7 Å². The minimum atomic E-state index is -3.66. The number of sulfonamides is 1. The van der Waals surface area contributed by atoms with Crippen LogP contribution in [0.25, 0.3) is 0 Å². The molecule has 1 heterocycles. The van der Waals surface area contributed by atoms with Crippen molar-refractivity contribution in [3.63, 3.8) is 0 Å². The van der Waals surface area contributed by atoms with E-state index in [1.165, 1.54) is 4.90 Å². The summed E-state index contributed by atoms with van der Waals surface area (Å²) in [6.07, 6.45) is -0.238. The number of ether oxygens (including phenoxy) is 1.